The lowest BCUT2D eigenvalue weighted by Gasteiger charge is -2.49. The summed E-state index contributed by atoms with van der Waals surface area (Å²) in [5.41, 5.74) is 1.61. The molecular weight excluding hydrogens is 438 g/mol. The molecule has 0 radical (unpaired) electrons. The van der Waals surface area contributed by atoms with Crippen LogP contribution < -0.4 is 5.32 Å². The Bertz CT molecular complexity index is 1180. The van der Waals surface area contributed by atoms with Crippen molar-refractivity contribution >= 4 is 17.5 Å². The van der Waals surface area contributed by atoms with Crippen molar-refractivity contribution in [2.75, 3.05) is 5.32 Å². The highest BCUT2D eigenvalue weighted by molar-refractivity contribution is 6.03. The average Bonchev–Trinajstić information content (AvgIpc) is 3.04. The molecule has 3 unspecified atom stereocenters. The van der Waals surface area contributed by atoms with E-state index in [9.17, 15) is 23.5 Å². The van der Waals surface area contributed by atoms with Crippen molar-refractivity contribution in [1.29, 1.82) is 0 Å². The lowest BCUT2D eigenvalue weighted by atomic mass is 9.54. The fraction of sp³-hybridized carbons (Fsp3) is 0.444. The van der Waals surface area contributed by atoms with Gasteiger partial charge in [-0.05, 0) is 79.0 Å². The Balaban J connectivity index is 1.40. The molecule has 5 rings (SSSR count). The van der Waals surface area contributed by atoms with E-state index in [0.717, 1.165) is 36.3 Å². The maximum Gasteiger partial charge on any atom is 0.225 e. The Morgan fingerprint density at radius 1 is 1.29 bits per heavy atom. The number of ketones is 1. The van der Waals surface area contributed by atoms with Crippen molar-refractivity contribution in [2.24, 2.45) is 23.2 Å². The van der Waals surface area contributed by atoms with Gasteiger partial charge in [0.1, 0.15) is 17.5 Å². The maximum absolute atomic E-state index is 14.5. The Morgan fingerprint density at radius 2 is 2.12 bits per heavy atom. The number of hydrogen-bond donors (Lipinski definition) is 2. The Hall–Kier alpha value is -3.09. The fourth-order valence-corrected chi connectivity index (χ4v) is 6.98. The predicted octanol–water partition coefficient (Wildman–Crippen LogP) is 5.48. The number of carbonyl (C=O) groups is 2. The number of aromatic nitrogens is 1. The molecule has 0 saturated heterocycles. The van der Waals surface area contributed by atoms with Gasteiger partial charge in [0, 0.05) is 29.7 Å². The molecule has 5 atom stereocenters. The smallest absolute Gasteiger partial charge is 0.225 e. The number of hydrogen-bond acceptors (Lipinski definition) is 4. The first kappa shape index (κ1) is 22.7. The number of amides is 1. The van der Waals surface area contributed by atoms with Gasteiger partial charge in [0.2, 0.25) is 5.91 Å². The lowest BCUT2D eigenvalue weighted by molar-refractivity contribution is -0.127. The third-order valence-corrected chi connectivity index (χ3v) is 8.40. The van der Waals surface area contributed by atoms with Crippen molar-refractivity contribution in [3.8, 4) is 0 Å². The molecule has 1 aromatic heterocycles. The van der Waals surface area contributed by atoms with Gasteiger partial charge in [0.05, 0.1) is 6.26 Å². The summed E-state index contributed by atoms with van der Waals surface area (Å²) in [6.07, 6.45) is 5.58. The van der Waals surface area contributed by atoms with Gasteiger partial charge < -0.3 is 10.4 Å². The molecule has 2 N–H and O–H groups in total. The van der Waals surface area contributed by atoms with Crippen molar-refractivity contribution in [1.82, 2.24) is 4.98 Å². The second kappa shape index (κ2) is 8.60. The number of rotatable bonds is 4. The van der Waals surface area contributed by atoms with Crippen LogP contribution in [-0.4, -0.2) is 21.8 Å². The van der Waals surface area contributed by atoms with Gasteiger partial charge in [-0.3, -0.25) is 9.59 Å². The van der Waals surface area contributed by atoms with Crippen LogP contribution >= 0.6 is 0 Å². The molecule has 2 fully saturated rings. The third-order valence-electron chi connectivity index (χ3n) is 8.40. The minimum atomic E-state index is -0.605. The quantitative estimate of drug-likeness (QED) is 0.462. The van der Waals surface area contributed by atoms with Crippen LogP contribution in [0.4, 0.5) is 14.6 Å². The number of anilines is 1. The molecule has 3 aliphatic carbocycles. The summed E-state index contributed by atoms with van der Waals surface area (Å²) in [4.78, 5) is 30.0. The Kier molecular flexibility index (Phi) is 5.74. The van der Waals surface area contributed by atoms with Crippen molar-refractivity contribution in [3.63, 3.8) is 0 Å². The van der Waals surface area contributed by atoms with E-state index in [1.54, 1.807) is 6.07 Å². The number of Topliss-reactive ketones (excluding diaryl/α,β-unsaturated/α-hetero) is 1. The standard InChI is InChI=1S/C27H28F2N2O3/c1-27-11-9-17-16-3-2-4-22(29)18(16)5-6-19(17)25(27)20(21(14-32)26(27)34)7-8-24(33)31-23-13-15(28)10-12-30-23/h2-4,10,12-14,17,19-20,25,32H,5-9,11H2,1H3,(H,30,31,33)/b21-14-/t17?,19?,20-,25?,27+/m1/s1. The van der Waals surface area contributed by atoms with E-state index in [4.69, 9.17) is 0 Å². The molecule has 0 spiro atoms. The number of allylic oxidation sites excluding steroid dienone is 1. The first-order valence-corrected chi connectivity index (χ1v) is 11.9. The van der Waals surface area contributed by atoms with Crippen LogP contribution in [0.25, 0.3) is 0 Å². The van der Waals surface area contributed by atoms with Crippen LogP contribution in [0, 0.1) is 34.8 Å². The van der Waals surface area contributed by atoms with Crippen LogP contribution in [0.1, 0.15) is 56.1 Å². The molecule has 7 heteroatoms. The summed E-state index contributed by atoms with van der Waals surface area (Å²) in [6, 6.07) is 7.62. The first-order chi connectivity index (χ1) is 16.3. The number of aliphatic hydroxyl groups excluding tert-OH is 1. The van der Waals surface area contributed by atoms with Gasteiger partial charge in [-0.25, -0.2) is 13.8 Å². The molecule has 34 heavy (non-hydrogen) atoms. The van der Waals surface area contributed by atoms with Crippen LogP contribution in [-0.2, 0) is 16.0 Å². The lowest BCUT2D eigenvalue weighted by Crippen LogP contribution is -2.44. The van der Waals surface area contributed by atoms with Crippen LogP contribution in [0.3, 0.4) is 0 Å². The zero-order chi connectivity index (χ0) is 24.0. The van der Waals surface area contributed by atoms with E-state index in [2.05, 4.69) is 10.3 Å². The molecule has 0 bridgehead atoms. The number of fused-ring (bicyclic) bond motifs is 5. The summed E-state index contributed by atoms with van der Waals surface area (Å²) in [5.74, 6) is -0.842. The predicted molar refractivity (Wildman–Crippen MR) is 123 cm³/mol. The highest BCUT2D eigenvalue weighted by Gasteiger charge is 2.60. The van der Waals surface area contributed by atoms with Gasteiger partial charge in [-0.1, -0.05) is 19.1 Å². The molecule has 1 amide bonds. The van der Waals surface area contributed by atoms with Crippen LogP contribution in [0.2, 0.25) is 0 Å². The van der Waals surface area contributed by atoms with E-state index in [1.165, 1.54) is 18.3 Å². The molecule has 5 nitrogen and oxygen atoms in total. The van der Waals surface area contributed by atoms with Gasteiger partial charge >= 0.3 is 0 Å². The van der Waals surface area contributed by atoms with Crippen molar-refractivity contribution < 1.29 is 23.5 Å². The summed E-state index contributed by atoms with van der Waals surface area (Å²) < 4.78 is 27.9. The molecule has 178 valence electrons. The first-order valence-electron chi connectivity index (χ1n) is 11.9. The minimum absolute atomic E-state index is 0.0336. The number of nitrogens with zero attached hydrogens (tertiary/aromatic N) is 1. The van der Waals surface area contributed by atoms with Crippen molar-refractivity contribution in [2.45, 2.75) is 51.4 Å². The highest BCUT2D eigenvalue weighted by atomic mass is 19.1. The molecular formula is C27H28F2N2O3. The second-order valence-electron chi connectivity index (χ2n) is 10.1. The molecule has 2 aromatic rings. The highest BCUT2D eigenvalue weighted by Crippen LogP contribution is 2.63. The number of benzene rings is 1. The molecule has 1 aromatic carbocycles. The molecule has 3 aliphatic rings. The normalized spacial score (nSPS) is 31.0. The monoisotopic (exact) mass is 466 g/mol. The SMILES string of the molecule is C[C@]12CCC3c4cccc(F)c4CCC3C1[C@H](CCC(=O)Nc1cc(F)ccn1)/C(=C/O)C2=O. The number of nitrogens with one attached hydrogen (secondary N) is 1. The van der Waals surface area contributed by atoms with Gasteiger partial charge in [-0.2, -0.15) is 0 Å². The van der Waals surface area contributed by atoms with E-state index in [1.807, 2.05) is 13.0 Å². The summed E-state index contributed by atoms with van der Waals surface area (Å²) in [6.45, 7) is 1.98. The number of pyridine rings is 1. The summed E-state index contributed by atoms with van der Waals surface area (Å²) in [7, 11) is 0. The van der Waals surface area contributed by atoms with Gasteiger partial charge in [0.15, 0.2) is 5.78 Å². The van der Waals surface area contributed by atoms with Gasteiger partial charge in [-0.15, -0.1) is 0 Å². The van der Waals surface area contributed by atoms with Crippen LogP contribution in [0.5, 0.6) is 0 Å². The minimum Gasteiger partial charge on any atom is -0.515 e. The summed E-state index contributed by atoms with van der Waals surface area (Å²) in [5, 5.41) is 12.6. The molecule has 0 aliphatic heterocycles. The van der Waals surface area contributed by atoms with Crippen molar-refractivity contribution in [3.05, 3.63) is 71.1 Å². The van der Waals surface area contributed by atoms with Crippen LogP contribution in [0.15, 0.2) is 48.4 Å². The van der Waals surface area contributed by atoms with E-state index in [0.29, 0.717) is 24.8 Å². The average molecular weight is 467 g/mol. The zero-order valence-electron chi connectivity index (χ0n) is 19.1. The Labute approximate surface area is 197 Å². The third kappa shape index (κ3) is 3.62. The number of halogens is 2. The van der Waals surface area contributed by atoms with E-state index >= 15 is 0 Å². The molecule has 2 saturated carbocycles. The summed E-state index contributed by atoms with van der Waals surface area (Å²) >= 11 is 0. The molecule has 1 heterocycles. The van der Waals surface area contributed by atoms with Gasteiger partial charge in [0.25, 0.3) is 0 Å². The number of carbonyl (C=O) groups excluding carboxylic acids is 2. The largest absolute Gasteiger partial charge is 0.515 e. The fourth-order valence-electron chi connectivity index (χ4n) is 6.98. The number of aliphatic hydroxyl groups is 1. The van der Waals surface area contributed by atoms with E-state index in [-0.39, 0.29) is 53.4 Å². The Morgan fingerprint density at radius 3 is 2.88 bits per heavy atom. The maximum atomic E-state index is 14.5. The topological polar surface area (TPSA) is 79.3 Å². The second-order valence-corrected chi connectivity index (χ2v) is 10.1. The van der Waals surface area contributed by atoms with E-state index < -0.39 is 11.2 Å². The zero-order valence-corrected chi connectivity index (χ0v) is 19.1.